The number of nitro groups is 1. The zero-order valence-electron chi connectivity index (χ0n) is 12.3. The summed E-state index contributed by atoms with van der Waals surface area (Å²) in [6, 6.07) is 5.00. The van der Waals surface area contributed by atoms with Crippen LogP contribution in [0.5, 0.6) is 5.75 Å². The standard InChI is InChI=1S/C15H22N2O3/c1-4-9-20-14-10-12(7-8-13(14)17(18)19)16-15(2,3)11-5-6-11/h7-8,10-11,16H,4-6,9H2,1-3H3. The SMILES string of the molecule is CCCOc1cc(NC(C)(C)C2CC2)ccc1[N+](=O)[O-]. The van der Waals surface area contributed by atoms with E-state index in [-0.39, 0.29) is 11.2 Å². The third-order valence-corrected chi connectivity index (χ3v) is 3.68. The van der Waals surface area contributed by atoms with Gasteiger partial charge < -0.3 is 10.1 Å². The number of anilines is 1. The van der Waals surface area contributed by atoms with Crippen molar-refractivity contribution >= 4 is 11.4 Å². The largest absolute Gasteiger partial charge is 0.487 e. The van der Waals surface area contributed by atoms with Crippen LogP contribution in [0.1, 0.15) is 40.0 Å². The molecule has 5 nitrogen and oxygen atoms in total. The van der Waals surface area contributed by atoms with Gasteiger partial charge in [0.1, 0.15) is 0 Å². The van der Waals surface area contributed by atoms with Gasteiger partial charge in [0.05, 0.1) is 11.5 Å². The first kappa shape index (κ1) is 14.6. The molecule has 1 aliphatic rings. The molecular weight excluding hydrogens is 256 g/mol. The van der Waals surface area contributed by atoms with E-state index in [0.717, 1.165) is 12.1 Å². The second-order valence-electron chi connectivity index (χ2n) is 5.91. The molecule has 0 saturated heterocycles. The molecule has 0 radical (unpaired) electrons. The van der Waals surface area contributed by atoms with E-state index >= 15 is 0 Å². The van der Waals surface area contributed by atoms with Crippen molar-refractivity contribution < 1.29 is 9.66 Å². The Balaban J connectivity index is 2.19. The van der Waals surface area contributed by atoms with Gasteiger partial charge in [0.2, 0.25) is 0 Å². The lowest BCUT2D eigenvalue weighted by atomic mass is 9.98. The number of nitrogens with one attached hydrogen (secondary N) is 1. The minimum absolute atomic E-state index is 0.0121. The van der Waals surface area contributed by atoms with Gasteiger partial charge in [-0.05, 0) is 45.1 Å². The first-order valence-corrected chi connectivity index (χ1v) is 7.13. The second-order valence-corrected chi connectivity index (χ2v) is 5.91. The zero-order valence-corrected chi connectivity index (χ0v) is 12.3. The fraction of sp³-hybridized carbons (Fsp3) is 0.600. The minimum Gasteiger partial charge on any atom is -0.487 e. The van der Waals surface area contributed by atoms with Crippen LogP contribution in [0.3, 0.4) is 0 Å². The van der Waals surface area contributed by atoms with E-state index in [9.17, 15) is 10.1 Å². The van der Waals surface area contributed by atoms with Crippen molar-refractivity contribution in [2.75, 3.05) is 11.9 Å². The van der Waals surface area contributed by atoms with Crippen LogP contribution in [-0.2, 0) is 0 Å². The lowest BCUT2D eigenvalue weighted by Crippen LogP contribution is -2.33. The molecule has 0 bridgehead atoms. The van der Waals surface area contributed by atoms with Crippen molar-refractivity contribution in [1.29, 1.82) is 0 Å². The van der Waals surface area contributed by atoms with E-state index in [1.54, 1.807) is 12.1 Å². The van der Waals surface area contributed by atoms with Gasteiger partial charge in [-0.3, -0.25) is 10.1 Å². The molecule has 1 aromatic carbocycles. The number of nitrogens with zero attached hydrogens (tertiary/aromatic N) is 1. The summed E-state index contributed by atoms with van der Waals surface area (Å²) in [6.45, 7) is 6.79. The molecule has 0 aliphatic heterocycles. The van der Waals surface area contributed by atoms with Crippen molar-refractivity contribution in [1.82, 2.24) is 0 Å². The average Bonchev–Trinajstić information content (AvgIpc) is 3.20. The molecular formula is C15H22N2O3. The predicted octanol–water partition coefficient (Wildman–Crippen LogP) is 3.98. The third kappa shape index (κ3) is 3.40. The smallest absolute Gasteiger partial charge is 0.311 e. The topological polar surface area (TPSA) is 64.4 Å². The van der Waals surface area contributed by atoms with Gasteiger partial charge in [-0.15, -0.1) is 0 Å². The molecule has 2 rings (SSSR count). The van der Waals surface area contributed by atoms with Crippen LogP contribution < -0.4 is 10.1 Å². The Kier molecular flexibility index (Phi) is 4.16. The third-order valence-electron chi connectivity index (χ3n) is 3.68. The lowest BCUT2D eigenvalue weighted by molar-refractivity contribution is -0.385. The van der Waals surface area contributed by atoms with Crippen molar-refractivity contribution in [3.05, 3.63) is 28.3 Å². The minimum atomic E-state index is -0.402. The van der Waals surface area contributed by atoms with Crippen molar-refractivity contribution in [2.24, 2.45) is 5.92 Å². The highest BCUT2D eigenvalue weighted by atomic mass is 16.6. The van der Waals surface area contributed by atoms with E-state index in [1.807, 2.05) is 6.92 Å². The average molecular weight is 278 g/mol. The van der Waals surface area contributed by atoms with Crippen LogP contribution in [0.2, 0.25) is 0 Å². The summed E-state index contributed by atoms with van der Waals surface area (Å²) in [5.41, 5.74) is 0.907. The van der Waals surface area contributed by atoms with Crippen LogP contribution in [-0.4, -0.2) is 17.1 Å². The molecule has 110 valence electrons. The molecule has 0 atom stereocenters. The Morgan fingerprint density at radius 3 is 2.70 bits per heavy atom. The van der Waals surface area contributed by atoms with E-state index in [2.05, 4.69) is 19.2 Å². The number of hydrogen-bond acceptors (Lipinski definition) is 4. The van der Waals surface area contributed by atoms with E-state index < -0.39 is 4.92 Å². The fourth-order valence-electron chi connectivity index (χ4n) is 2.35. The summed E-state index contributed by atoms with van der Waals surface area (Å²) in [5, 5.41) is 14.5. The summed E-state index contributed by atoms with van der Waals surface area (Å²) in [7, 11) is 0. The first-order valence-electron chi connectivity index (χ1n) is 7.13. The maximum Gasteiger partial charge on any atom is 0.311 e. The van der Waals surface area contributed by atoms with Gasteiger partial charge in [0, 0.05) is 23.4 Å². The lowest BCUT2D eigenvalue weighted by Gasteiger charge is -2.27. The molecule has 20 heavy (non-hydrogen) atoms. The zero-order chi connectivity index (χ0) is 14.8. The van der Waals surface area contributed by atoms with Crippen LogP contribution in [0.4, 0.5) is 11.4 Å². The number of rotatable bonds is 7. The predicted molar refractivity (Wildman–Crippen MR) is 79.3 cm³/mol. The van der Waals surface area contributed by atoms with Gasteiger partial charge in [0.25, 0.3) is 0 Å². The maximum absolute atomic E-state index is 11.0. The molecule has 0 heterocycles. The molecule has 1 N–H and O–H groups in total. The molecule has 5 heteroatoms. The monoisotopic (exact) mass is 278 g/mol. The van der Waals surface area contributed by atoms with Crippen LogP contribution >= 0.6 is 0 Å². The van der Waals surface area contributed by atoms with Crippen molar-refractivity contribution in [2.45, 2.75) is 45.6 Å². The van der Waals surface area contributed by atoms with Gasteiger partial charge in [-0.2, -0.15) is 0 Å². The quantitative estimate of drug-likeness (QED) is 0.605. The Morgan fingerprint density at radius 2 is 2.15 bits per heavy atom. The number of ether oxygens (including phenoxy) is 1. The highest BCUT2D eigenvalue weighted by Gasteiger charge is 2.37. The molecule has 1 saturated carbocycles. The summed E-state index contributed by atoms with van der Waals surface area (Å²) in [4.78, 5) is 10.6. The molecule has 0 amide bonds. The highest BCUT2D eigenvalue weighted by Crippen LogP contribution is 2.42. The van der Waals surface area contributed by atoms with Crippen molar-refractivity contribution in [3.8, 4) is 5.75 Å². The molecule has 0 aromatic heterocycles. The number of benzene rings is 1. The normalized spacial score (nSPS) is 14.9. The van der Waals surface area contributed by atoms with Crippen molar-refractivity contribution in [3.63, 3.8) is 0 Å². The summed E-state index contributed by atoms with van der Waals surface area (Å²) in [5.74, 6) is 1.02. The van der Waals surface area contributed by atoms with Gasteiger partial charge >= 0.3 is 5.69 Å². The Hall–Kier alpha value is -1.78. The van der Waals surface area contributed by atoms with E-state index in [1.165, 1.54) is 18.9 Å². The number of nitro benzene ring substituents is 1. The van der Waals surface area contributed by atoms with Gasteiger partial charge in [-0.1, -0.05) is 6.92 Å². The molecule has 0 unspecified atom stereocenters. The molecule has 1 fully saturated rings. The maximum atomic E-state index is 11.0. The molecule has 1 aromatic rings. The molecule has 1 aliphatic carbocycles. The summed E-state index contributed by atoms with van der Waals surface area (Å²) >= 11 is 0. The van der Waals surface area contributed by atoms with Gasteiger partial charge in [-0.25, -0.2) is 0 Å². The van der Waals surface area contributed by atoms with Crippen LogP contribution in [0, 0.1) is 16.0 Å². The van der Waals surface area contributed by atoms with Crippen LogP contribution in [0.25, 0.3) is 0 Å². The van der Waals surface area contributed by atoms with Gasteiger partial charge in [0.15, 0.2) is 5.75 Å². The van der Waals surface area contributed by atoms with E-state index in [0.29, 0.717) is 18.3 Å². The highest BCUT2D eigenvalue weighted by molar-refractivity contribution is 5.59. The Labute approximate surface area is 119 Å². The Morgan fingerprint density at radius 1 is 1.45 bits per heavy atom. The second kappa shape index (κ2) is 5.69. The summed E-state index contributed by atoms with van der Waals surface area (Å²) in [6.07, 6.45) is 3.31. The fourth-order valence-corrected chi connectivity index (χ4v) is 2.35. The first-order chi connectivity index (χ1) is 9.44. The molecule has 0 spiro atoms. The van der Waals surface area contributed by atoms with E-state index in [4.69, 9.17) is 4.74 Å². The van der Waals surface area contributed by atoms with Crippen LogP contribution in [0.15, 0.2) is 18.2 Å². The number of hydrogen-bond donors (Lipinski definition) is 1. The Bertz CT molecular complexity index is 496. The summed E-state index contributed by atoms with van der Waals surface area (Å²) < 4.78 is 5.50.